The van der Waals surface area contributed by atoms with Crippen LogP contribution < -0.4 is 10.0 Å². The molecule has 0 unspecified atom stereocenters. The molecule has 0 heterocycles. The molecule has 0 aromatic heterocycles. The average Bonchev–Trinajstić information content (AvgIpc) is 2.47. The number of sulfonamides is 1. The van der Waals surface area contributed by atoms with Crippen LogP contribution in [0.15, 0.2) is 53.4 Å². The van der Waals surface area contributed by atoms with Gasteiger partial charge in [-0.05, 0) is 42.3 Å². The van der Waals surface area contributed by atoms with E-state index in [0.717, 1.165) is 18.4 Å². The molecule has 0 aliphatic heterocycles. The van der Waals surface area contributed by atoms with Gasteiger partial charge in [0.2, 0.25) is 0 Å². The topological polar surface area (TPSA) is 63.4 Å². The third-order valence-electron chi connectivity index (χ3n) is 3.35. The second kappa shape index (κ2) is 6.18. The lowest BCUT2D eigenvalue weighted by Crippen LogP contribution is -2.26. The van der Waals surface area contributed by atoms with Crippen molar-refractivity contribution in [3.63, 3.8) is 0 Å². The standard InChI is InChI=1S/C16H20N2O2S/c1-3-5-13-8-10-16(11-9-13)21(19,20)18(2)15-7-4-6-14(17)12-15/h4,6-12H,3,5,17H2,1-2H3. The minimum Gasteiger partial charge on any atom is -0.399 e. The van der Waals surface area contributed by atoms with Crippen molar-refractivity contribution in [1.29, 1.82) is 0 Å². The number of nitrogens with two attached hydrogens (primary N) is 1. The van der Waals surface area contributed by atoms with E-state index in [1.54, 1.807) is 36.4 Å². The fraction of sp³-hybridized carbons (Fsp3) is 0.250. The molecule has 0 saturated heterocycles. The molecular weight excluding hydrogens is 284 g/mol. The Labute approximate surface area is 126 Å². The molecule has 2 aromatic carbocycles. The Balaban J connectivity index is 2.32. The van der Waals surface area contributed by atoms with Crippen LogP contribution in [0.1, 0.15) is 18.9 Å². The first-order chi connectivity index (χ1) is 9.95. The maximum atomic E-state index is 12.6. The maximum Gasteiger partial charge on any atom is 0.264 e. The van der Waals surface area contributed by atoms with E-state index in [2.05, 4.69) is 6.92 Å². The van der Waals surface area contributed by atoms with E-state index >= 15 is 0 Å². The molecule has 0 fully saturated rings. The lowest BCUT2D eigenvalue weighted by Gasteiger charge is -2.20. The van der Waals surface area contributed by atoms with Crippen molar-refractivity contribution in [2.24, 2.45) is 0 Å². The second-order valence-electron chi connectivity index (χ2n) is 4.96. The summed E-state index contributed by atoms with van der Waals surface area (Å²) >= 11 is 0. The Bertz CT molecular complexity index is 709. The van der Waals surface area contributed by atoms with E-state index in [1.807, 2.05) is 12.1 Å². The van der Waals surface area contributed by atoms with Gasteiger partial charge in [-0.2, -0.15) is 0 Å². The van der Waals surface area contributed by atoms with Gasteiger partial charge in [0.25, 0.3) is 10.0 Å². The van der Waals surface area contributed by atoms with Gasteiger partial charge in [-0.25, -0.2) is 8.42 Å². The third kappa shape index (κ3) is 3.36. The summed E-state index contributed by atoms with van der Waals surface area (Å²) in [6, 6.07) is 13.9. The molecule has 4 nitrogen and oxygen atoms in total. The summed E-state index contributed by atoms with van der Waals surface area (Å²) in [6.45, 7) is 2.10. The number of benzene rings is 2. The normalized spacial score (nSPS) is 11.3. The average molecular weight is 304 g/mol. The predicted molar refractivity (Wildman–Crippen MR) is 86.9 cm³/mol. The first-order valence-electron chi connectivity index (χ1n) is 6.88. The van der Waals surface area contributed by atoms with Crippen molar-refractivity contribution in [1.82, 2.24) is 0 Å². The molecule has 0 aliphatic carbocycles. The molecule has 0 atom stereocenters. The summed E-state index contributed by atoms with van der Waals surface area (Å²) in [6.07, 6.45) is 1.99. The quantitative estimate of drug-likeness (QED) is 0.864. The smallest absolute Gasteiger partial charge is 0.264 e. The highest BCUT2D eigenvalue weighted by Crippen LogP contribution is 2.23. The van der Waals surface area contributed by atoms with Crippen LogP contribution in [-0.4, -0.2) is 15.5 Å². The zero-order valence-electron chi connectivity index (χ0n) is 12.3. The number of nitrogen functional groups attached to an aromatic ring is 1. The van der Waals surface area contributed by atoms with E-state index in [0.29, 0.717) is 11.4 Å². The Morgan fingerprint density at radius 2 is 1.76 bits per heavy atom. The number of anilines is 2. The van der Waals surface area contributed by atoms with E-state index in [-0.39, 0.29) is 4.90 Å². The highest BCUT2D eigenvalue weighted by Gasteiger charge is 2.21. The van der Waals surface area contributed by atoms with Crippen LogP contribution in [-0.2, 0) is 16.4 Å². The van der Waals surface area contributed by atoms with Crippen LogP contribution >= 0.6 is 0 Å². The van der Waals surface area contributed by atoms with E-state index in [4.69, 9.17) is 5.73 Å². The third-order valence-corrected chi connectivity index (χ3v) is 5.15. The van der Waals surface area contributed by atoms with Gasteiger partial charge in [-0.1, -0.05) is 31.5 Å². The second-order valence-corrected chi connectivity index (χ2v) is 6.93. The van der Waals surface area contributed by atoms with Crippen molar-refractivity contribution in [2.75, 3.05) is 17.1 Å². The van der Waals surface area contributed by atoms with Gasteiger partial charge in [0.1, 0.15) is 0 Å². The van der Waals surface area contributed by atoms with E-state index < -0.39 is 10.0 Å². The number of hydrogen-bond donors (Lipinski definition) is 1. The summed E-state index contributed by atoms with van der Waals surface area (Å²) in [5.41, 5.74) is 7.94. The summed E-state index contributed by atoms with van der Waals surface area (Å²) in [5.74, 6) is 0. The van der Waals surface area contributed by atoms with Crippen LogP contribution in [0.4, 0.5) is 11.4 Å². The fourth-order valence-electron chi connectivity index (χ4n) is 2.13. The monoisotopic (exact) mass is 304 g/mol. The Kier molecular flexibility index (Phi) is 4.53. The number of nitrogens with zero attached hydrogens (tertiary/aromatic N) is 1. The van der Waals surface area contributed by atoms with Gasteiger partial charge < -0.3 is 5.73 Å². The molecule has 2 aromatic rings. The molecular formula is C16H20N2O2S. The molecule has 0 radical (unpaired) electrons. The highest BCUT2D eigenvalue weighted by molar-refractivity contribution is 7.92. The minimum absolute atomic E-state index is 0.285. The minimum atomic E-state index is -3.56. The number of hydrogen-bond acceptors (Lipinski definition) is 3. The molecule has 0 spiro atoms. The highest BCUT2D eigenvalue weighted by atomic mass is 32.2. The predicted octanol–water partition coefficient (Wildman–Crippen LogP) is 3.05. The lowest BCUT2D eigenvalue weighted by molar-refractivity contribution is 0.594. The molecule has 0 amide bonds. The zero-order valence-corrected chi connectivity index (χ0v) is 13.1. The van der Waals surface area contributed by atoms with Crippen molar-refractivity contribution in [3.05, 3.63) is 54.1 Å². The fourth-order valence-corrected chi connectivity index (χ4v) is 3.32. The molecule has 112 valence electrons. The van der Waals surface area contributed by atoms with Crippen molar-refractivity contribution >= 4 is 21.4 Å². The van der Waals surface area contributed by atoms with Crippen LogP contribution in [0.5, 0.6) is 0 Å². The molecule has 2 N–H and O–H groups in total. The zero-order chi connectivity index (χ0) is 15.5. The first kappa shape index (κ1) is 15.4. The van der Waals surface area contributed by atoms with Gasteiger partial charge in [-0.3, -0.25) is 4.31 Å². The van der Waals surface area contributed by atoms with Crippen molar-refractivity contribution in [2.45, 2.75) is 24.7 Å². The Morgan fingerprint density at radius 1 is 1.10 bits per heavy atom. The summed E-state index contributed by atoms with van der Waals surface area (Å²) in [4.78, 5) is 0.285. The van der Waals surface area contributed by atoms with Gasteiger partial charge >= 0.3 is 0 Å². The molecule has 0 saturated carbocycles. The lowest BCUT2D eigenvalue weighted by atomic mass is 10.1. The summed E-state index contributed by atoms with van der Waals surface area (Å²) in [5, 5.41) is 0. The SMILES string of the molecule is CCCc1ccc(S(=O)(=O)N(C)c2cccc(N)c2)cc1. The van der Waals surface area contributed by atoms with Gasteiger partial charge in [0.05, 0.1) is 10.6 Å². The largest absolute Gasteiger partial charge is 0.399 e. The molecule has 2 rings (SSSR count). The van der Waals surface area contributed by atoms with Gasteiger partial charge in [0, 0.05) is 12.7 Å². The van der Waals surface area contributed by atoms with Crippen LogP contribution in [0.2, 0.25) is 0 Å². The molecule has 0 bridgehead atoms. The molecule has 21 heavy (non-hydrogen) atoms. The Morgan fingerprint density at radius 3 is 2.33 bits per heavy atom. The summed E-state index contributed by atoms with van der Waals surface area (Å²) in [7, 11) is -2.03. The maximum absolute atomic E-state index is 12.6. The first-order valence-corrected chi connectivity index (χ1v) is 8.32. The van der Waals surface area contributed by atoms with E-state index in [1.165, 1.54) is 11.4 Å². The number of rotatable bonds is 5. The van der Waals surface area contributed by atoms with Gasteiger partial charge in [-0.15, -0.1) is 0 Å². The molecule has 0 aliphatic rings. The molecule has 5 heteroatoms. The van der Waals surface area contributed by atoms with Gasteiger partial charge in [0.15, 0.2) is 0 Å². The van der Waals surface area contributed by atoms with Crippen molar-refractivity contribution in [3.8, 4) is 0 Å². The van der Waals surface area contributed by atoms with Crippen LogP contribution in [0, 0.1) is 0 Å². The summed E-state index contributed by atoms with van der Waals surface area (Å²) < 4.78 is 26.4. The van der Waals surface area contributed by atoms with Crippen LogP contribution in [0.3, 0.4) is 0 Å². The number of aryl methyl sites for hydroxylation is 1. The van der Waals surface area contributed by atoms with Crippen molar-refractivity contribution < 1.29 is 8.42 Å². The Hall–Kier alpha value is -2.01. The van der Waals surface area contributed by atoms with Crippen LogP contribution in [0.25, 0.3) is 0 Å². The van der Waals surface area contributed by atoms with E-state index in [9.17, 15) is 8.42 Å².